The molecule has 1 N–H and O–H groups in total. The molecular formula is C14H18N2O3S. The van der Waals surface area contributed by atoms with E-state index in [9.17, 15) is 13.5 Å². The number of nitrogens with zero attached hydrogens (tertiary/aromatic N) is 2. The zero-order chi connectivity index (χ0) is 14.9. The molecule has 0 aliphatic heterocycles. The summed E-state index contributed by atoms with van der Waals surface area (Å²) in [5.41, 5.74) is 2.56. The summed E-state index contributed by atoms with van der Waals surface area (Å²) in [6.45, 7) is 4.17. The number of hydrogen-bond acceptors (Lipinski definition) is 4. The van der Waals surface area contributed by atoms with E-state index in [1.165, 1.54) is 12.1 Å². The summed E-state index contributed by atoms with van der Waals surface area (Å²) < 4.78 is 24.5. The highest BCUT2D eigenvalue weighted by molar-refractivity contribution is 7.90. The van der Waals surface area contributed by atoms with Crippen molar-refractivity contribution in [3.05, 3.63) is 47.3 Å². The van der Waals surface area contributed by atoms with Crippen LogP contribution in [0.2, 0.25) is 0 Å². The lowest BCUT2D eigenvalue weighted by molar-refractivity contribution is 0.150. The van der Waals surface area contributed by atoms with Crippen LogP contribution in [0, 0.1) is 13.8 Å². The molecule has 0 fully saturated rings. The number of benzene rings is 1. The third-order valence-electron chi connectivity index (χ3n) is 3.14. The Kier molecular flexibility index (Phi) is 3.96. The zero-order valence-corrected chi connectivity index (χ0v) is 12.6. The number of aromatic nitrogens is 2. The van der Waals surface area contributed by atoms with Crippen LogP contribution in [0.3, 0.4) is 0 Å². The first-order valence-corrected chi connectivity index (χ1v) is 8.15. The molecule has 0 saturated heterocycles. The quantitative estimate of drug-likeness (QED) is 0.930. The predicted molar refractivity (Wildman–Crippen MR) is 76.2 cm³/mol. The van der Waals surface area contributed by atoms with Crippen molar-refractivity contribution in [1.29, 1.82) is 0 Å². The van der Waals surface area contributed by atoms with Gasteiger partial charge in [0, 0.05) is 11.9 Å². The van der Waals surface area contributed by atoms with Gasteiger partial charge in [-0.2, -0.15) is 5.10 Å². The molecule has 2 rings (SSSR count). The van der Waals surface area contributed by atoms with Crippen LogP contribution >= 0.6 is 0 Å². The first kappa shape index (κ1) is 14.7. The lowest BCUT2D eigenvalue weighted by Gasteiger charge is -2.13. The van der Waals surface area contributed by atoms with E-state index in [2.05, 4.69) is 5.10 Å². The van der Waals surface area contributed by atoms with Gasteiger partial charge >= 0.3 is 0 Å². The van der Waals surface area contributed by atoms with Crippen LogP contribution in [0.4, 0.5) is 0 Å². The second-order valence-corrected chi connectivity index (χ2v) is 6.98. The van der Waals surface area contributed by atoms with Gasteiger partial charge in [-0.15, -0.1) is 0 Å². The predicted octanol–water partition coefficient (Wildman–Crippen LogP) is 1.64. The molecule has 0 saturated carbocycles. The summed E-state index contributed by atoms with van der Waals surface area (Å²) in [6.07, 6.45) is 0.440. The Morgan fingerprint density at radius 1 is 1.25 bits per heavy atom. The summed E-state index contributed by atoms with van der Waals surface area (Å²) in [5.74, 6) is 0. The average molecular weight is 294 g/mol. The van der Waals surface area contributed by atoms with Crippen molar-refractivity contribution < 1.29 is 13.5 Å². The second-order valence-electron chi connectivity index (χ2n) is 4.97. The Labute approximate surface area is 118 Å². The molecule has 0 amide bonds. The van der Waals surface area contributed by atoms with Gasteiger partial charge < -0.3 is 5.11 Å². The molecule has 2 aromatic rings. The van der Waals surface area contributed by atoms with Crippen molar-refractivity contribution >= 4 is 9.84 Å². The standard InChI is InChI=1S/C14H18N2O3S/c1-10-8-11(2)16(15-10)9-14(17)12-4-6-13(7-5-12)20(3,18)19/h4-8,14,17H,9H2,1-3H3. The Bertz CT molecular complexity index is 703. The van der Waals surface area contributed by atoms with Gasteiger partial charge in [0.25, 0.3) is 0 Å². The van der Waals surface area contributed by atoms with E-state index in [1.807, 2.05) is 19.9 Å². The van der Waals surface area contributed by atoms with E-state index in [0.29, 0.717) is 12.1 Å². The number of hydrogen-bond donors (Lipinski definition) is 1. The summed E-state index contributed by atoms with van der Waals surface area (Å²) >= 11 is 0. The van der Waals surface area contributed by atoms with Crippen LogP contribution in [0.25, 0.3) is 0 Å². The molecule has 1 heterocycles. The molecule has 0 bridgehead atoms. The highest BCUT2D eigenvalue weighted by Gasteiger charge is 2.13. The molecule has 20 heavy (non-hydrogen) atoms. The molecule has 0 aliphatic rings. The molecule has 0 spiro atoms. The second kappa shape index (κ2) is 5.38. The Balaban J connectivity index is 2.17. The molecule has 0 radical (unpaired) electrons. The molecule has 1 unspecified atom stereocenters. The maximum Gasteiger partial charge on any atom is 0.175 e. The maximum atomic E-state index is 11.4. The lowest BCUT2D eigenvalue weighted by Crippen LogP contribution is -2.11. The molecule has 108 valence electrons. The van der Waals surface area contributed by atoms with Gasteiger partial charge in [0.15, 0.2) is 9.84 Å². The third kappa shape index (κ3) is 3.26. The van der Waals surface area contributed by atoms with Crippen molar-refractivity contribution in [3.8, 4) is 0 Å². The molecule has 5 nitrogen and oxygen atoms in total. The van der Waals surface area contributed by atoms with Gasteiger partial charge in [0.2, 0.25) is 0 Å². The van der Waals surface area contributed by atoms with E-state index >= 15 is 0 Å². The summed E-state index contributed by atoms with van der Waals surface area (Å²) in [6, 6.07) is 8.23. The minimum atomic E-state index is -3.21. The zero-order valence-electron chi connectivity index (χ0n) is 11.7. The van der Waals surface area contributed by atoms with Gasteiger partial charge in [-0.1, -0.05) is 12.1 Å². The van der Waals surface area contributed by atoms with Crippen molar-refractivity contribution in [1.82, 2.24) is 9.78 Å². The average Bonchev–Trinajstić information content (AvgIpc) is 2.67. The van der Waals surface area contributed by atoms with Gasteiger partial charge in [-0.05, 0) is 37.6 Å². The lowest BCUT2D eigenvalue weighted by atomic mass is 10.1. The largest absolute Gasteiger partial charge is 0.386 e. The Hall–Kier alpha value is -1.66. The smallest absolute Gasteiger partial charge is 0.175 e. The fraction of sp³-hybridized carbons (Fsp3) is 0.357. The molecule has 6 heteroatoms. The van der Waals surface area contributed by atoms with Gasteiger partial charge in [-0.25, -0.2) is 8.42 Å². The van der Waals surface area contributed by atoms with E-state index in [-0.39, 0.29) is 4.90 Å². The number of aliphatic hydroxyl groups excluding tert-OH is 1. The minimum Gasteiger partial charge on any atom is -0.386 e. The van der Waals surface area contributed by atoms with Crippen LogP contribution in [0.1, 0.15) is 23.1 Å². The Morgan fingerprint density at radius 3 is 2.30 bits per heavy atom. The highest BCUT2D eigenvalue weighted by Crippen LogP contribution is 2.18. The molecule has 0 aliphatic carbocycles. The van der Waals surface area contributed by atoms with E-state index in [0.717, 1.165) is 17.6 Å². The van der Waals surface area contributed by atoms with Crippen LogP contribution in [0.15, 0.2) is 35.2 Å². The first-order chi connectivity index (χ1) is 9.27. The number of rotatable bonds is 4. The first-order valence-electron chi connectivity index (χ1n) is 6.26. The topological polar surface area (TPSA) is 72.2 Å². The summed E-state index contributed by atoms with van der Waals surface area (Å²) in [7, 11) is -3.21. The van der Waals surface area contributed by atoms with Crippen LogP contribution in [0.5, 0.6) is 0 Å². The molecular weight excluding hydrogens is 276 g/mol. The fourth-order valence-electron chi connectivity index (χ4n) is 2.07. The number of aliphatic hydroxyl groups is 1. The van der Waals surface area contributed by atoms with Crippen LogP contribution in [-0.4, -0.2) is 29.6 Å². The maximum absolute atomic E-state index is 11.4. The summed E-state index contributed by atoms with van der Waals surface area (Å²) in [5, 5.41) is 14.5. The summed E-state index contributed by atoms with van der Waals surface area (Å²) in [4.78, 5) is 0.250. The highest BCUT2D eigenvalue weighted by atomic mass is 32.2. The van der Waals surface area contributed by atoms with Crippen LogP contribution in [-0.2, 0) is 16.4 Å². The SMILES string of the molecule is Cc1cc(C)n(CC(O)c2ccc(S(C)(=O)=O)cc2)n1. The van der Waals surface area contributed by atoms with E-state index < -0.39 is 15.9 Å². The van der Waals surface area contributed by atoms with E-state index in [1.54, 1.807) is 16.8 Å². The van der Waals surface area contributed by atoms with Gasteiger partial charge in [0.1, 0.15) is 0 Å². The van der Waals surface area contributed by atoms with Crippen molar-refractivity contribution in [2.75, 3.05) is 6.26 Å². The third-order valence-corrected chi connectivity index (χ3v) is 4.27. The van der Waals surface area contributed by atoms with Crippen molar-refractivity contribution in [2.24, 2.45) is 0 Å². The number of aryl methyl sites for hydroxylation is 2. The molecule has 1 aromatic carbocycles. The Morgan fingerprint density at radius 2 is 1.85 bits per heavy atom. The molecule has 1 atom stereocenters. The number of sulfone groups is 1. The van der Waals surface area contributed by atoms with E-state index in [4.69, 9.17) is 0 Å². The van der Waals surface area contributed by atoms with Gasteiger partial charge in [0.05, 0.1) is 23.2 Å². The monoisotopic (exact) mass is 294 g/mol. The minimum absolute atomic E-state index is 0.250. The molecule has 1 aromatic heterocycles. The van der Waals surface area contributed by atoms with Crippen LogP contribution < -0.4 is 0 Å². The van der Waals surface area contributed by atoms with Crippen molar-refractivity contribution in [2.45, 2.75) is 31.4 Å². The van der Waals surface area contributed by atoms with Crippen molar-refractivity contribution in [3.63, 3.8) is 0 Å². The fourth-order valence-corrected chi connectivity index (χ4v) is 2.70. The van der Waals surface area contributed by atoms with Gasteiger partial charge in [-0.3, -0.25) is 4.68 Å². The normalized spacial score (nSPS) is 13.4.